The highest BCUT2D eigenvalue weighted by atomic mass is 35.5. The van der Waals surface area contributed by atoms with Gasteiger partial charge in [0.05, 0.1) is 32.4 Å². The summed E-state index contributed by atoms with van der Waals surface area (Å²) in [5, 5.41) is 0.485. The number of ketones is 1. The summed E-state index contributed by atoms with van der Waals surface area (Å²) >= 11 is 11.9. The van der Waals surface area contributed by atoms with Gasteiger partial charge in [-0.05, 0) is 43.3 Å². The Morgan fingerprint density at radius 1 is 0.812 bits per heavy atom. The third-order valence-corrected chi connectivity index (χ3v) is 5.73. The molecule has 0 bridgehead atoms. The Hall–Kier alpha value is -3.48. The first kappa shape index (κ1) is 21.7. The second-order valence-electron chi connectivity index (χ2n) is 7.08. The molecule has 0 radical (unpaired) electrons. The fourth-order valence-electron chi connectivity index (χ4n) is 3.35. The number of benzene rings is 3. The SMILES string of the molecule is C[C@H](OC(=O)c1ccc2c(c1)C(=O)N(c1ccc(Cl)c(Cl)c1)C2=O)C(=O)c1ccccc1. The van der Waals surface area contributed by atoms with E-state index in [0.717, 1.165) is 4.90 Å². The monoisotopic (exact) mass is 467 g/mol. The van der Waals surface area contributed by atoms with E-state index >= 15 is 0 Å². The highest BCUT2D eigenvalue weighted by Gasteiger charge is 2.37. The molecule has 2 amide bonds. The van der Waals surface area contributed by atoms with Crippen molar-refractivity contribution in [1.29, 1.82) is 0 Å². The second kappa shape index (κ2) is 8.57. The molecule has 3 aromatic carbocycles. The Morgan fingerprint density at radius 3 is 2.19 bits per heavy atom. The molecule has 6 nitrogen and oxygen atoms in total. The van der Waals surface area contributed by atoms with Crippen LogP contribution in [0.1, 0.15) is 48.4 Å². The van der Waals surface area contributed by atoms with Crippen molar-refractivity contribution in [3.63, 3.8) is 0 Å². The molecule has 0 saturated heterocycles. The Bertz CT molecular complexity index is 1270. The van der Waals surface area contributed by atoms with Crippen LogP contribution in [0.5, 0.6) is 0 Å². The number of hydrogen-bond acceptors (Lipinski definition) is 5. The number of rotatable bonds is 5. The van der Waals surface area contributed by atoms with Crippen LogP contribution in [0.2, 0.25) is 10.0 Å². The highest BCUT2D eigenvalue weighted by molar-refractivity contribution is 6.42. The lowest BCUT2D eigenvalue weighted by molar-refractivity contribution is 0.0318. The van der Waals surface area contributed by atoms with Crippen molar-refractivity contribution in [2.75, 3.05) is 4.90 Å². The summed E-state index contributed by atoms with van der Waals surface area (Å²) in [6.07, 6.45) is -1.02. The first-order valence-electron chi connectivity index (χ1n) is 9.56. The van der Waals surface area contributed by atoms with Crippen molar-refractivity contribution in [2.45, 2.75) is 13.0 Å². The Kier molecular flexibility index (Phi) is 5.82. The van der Waals surface area contributed by atoms with E-state index in [1.165, 1.54) is 43.3 Å². The van der Waals surface area contributed by atoms with Gasteiger partial charge in [-0.2, -0.15) is 0 Å². The standard InChI is InChI=1S/C24H15Cl2NO5/c1-13(21(28)14-5-3-2-4-6-14)32-24(31)15-7-9-17-18(11-15)23(30)27(22(17)29)16-8-10-19(25)20(26)12-16/h2-13H,1H3/t13-/m0/s1. The molecule has 1 aliphatic rings. The summed E-state index contributed by atoms with van der Waals surface area (Å²) in [6, 6.07) is 16.9. The van der Waals surface area contributed by atoms with Crippen molar-refractivity contribution in [1.82, 2.24) is 0 Å². The van der Waals surface area contributed by atoms with Crippen LogP contribution < -0.4 is 4.90 Å². The smallest absolute Gasteiger partial charge is 0.338 e. The van der Waals surface area contributed by atoms with Crippen LogP contribution in [0, 0.1) is 0 Å². The summed E-state index contributed by atoms with van der Waals surface area (Å²) < 4.78 is 5.28. The third-order valence-electron chi connectivity index (χ3n) is 4.99. The fraction of sp³-hybridized carbons (Fsp3) is 0.0833. The van der Waals surface area contributed by atoms with Gasteiger partial charge in [0.25, 0.3) is 11.8 Å². The maximum absolute atomic E-state index is 12.9. The van der Waals surface area contributed by atoms with E-state index in [1.54, 1.807) is 30.3 Å². The Morgan fingerprint density at radius 2 is 1.50 bits per heavy atom. The number of imide groups is 1. The van der Waals surface area contributed by atoms with E-state index < -0.39 is 23.9 Å². The lowest BCUT2D eigenvalue weighted by Crippen LogP contribution is -2.29. The van der Waals surface area contributed by atoms with Crippen LogP contribution in [0.4, 0.5) is 5.69 Å². The third kappa shape index (κ3) is 3.90. The molecule has 0 unspecified atom stereocenters. The molecular weight excluding hydrogens is 453 g/mol. The zero-order chi connectivity index (χ0) is 23.0. The average molecular weight is 468 g/mol. The minimum Gasteiger partial charge on any atom is -0.451 e. The lowest BCUT2D eigenvalue weighted by Gasteiger charge is -2.14. The molecule has 1 heterocycles. The number of carbonyl (C=O) groups excluding carboxylic acids is 4. The first-order valence-corrected chi connectivity index (χ1v) is 10.3. The summed E-state index contributed by atoms with van der Waals surface area (Å²) in [5.74, 6) is -2.28. The molecule has 1 aliphatic heterocycles. The number of hydrogen-bond donors (Lipinski definition) is 0. The lowest BCUT2D eigenvalue weighted by atomic mass is 10.1. The van der Waals surface area contributed by atoms with Crippen molar-refractivity contribution in [3.8, 4) is 0 Å². The van der Waals surface area contributed by atoms with Gasteiger partial charge in [-0.1, -0.05) is 53.5 Å². The van der Waals surface area contributed by atoms with Gasteiger partial charge in [-0.25, -0.2) is 9.69 Å². The largest absolute Gasteiger partial charge is 0.451 e. The van der Waals surface area contributed by atoms with Crippen molar-refractivity contribution < 1.29 is 23.9 Å². The summed E-state index contributed by atoms with van der Waals surface area (Å²) in [5.41, 5.74) is 0.925. The van der Waals surface area contributed by atoms with E-state index in [1.807, 2.05) is 0 Å². The van der Waals surface area contributed by atoms with Gasteiger partial charge in [0.15, 0.2) is 6.10 Å². The Balaban J connectivity index is 1.56. The van der Waals surface area contributed by atoms with Crippen molar-refractivity contribution in [2.24, 2.45) is 0 Å². The minimum absolute atomic E-state index is 0.0496. The van der Waals surface area contributed by atoms with E-state index in [0.29, 0.717) is 5.56 Å². The van der Waals surface area contributed by atoms with Gasteiger partial charge >= 0.3 is 5.97 Å². The molecule has 160 valence electrons. The number of fused-ring (bicyclic) bond motifs is 1. The van der Waals surface area contributed by atoms with E-state index in [9.17, 15) is 19.2 Å². The van der Waals surface area contributed by atoms with E-state index in [4.69, 9.17) is 27.9 Å². The van der Waals surface area contributed by atoms with Gasteiger partial charge in [0.1, 0.15) is 0 Å². The van der Waals surface area contributed by atoms with Crippen molar-refractivity contribution in [3.05, 3.63) is 99.0 Å². The minimum atomic E-state index is -1.02. The van der Waals surface area contributed by atoms with Crippen LogP contribution in [0.15, 0.2) is 66.7 Å². The molecule has 0 spiro atoms. The molecule has 1 atom stereocenters. The zero-order valence-corrected chi connectivity index (χ0v) is 18.2. The average Bonchev–Trinajstić information content (AvgIpc) is 3.05. The maximum atomic E-state index is 12.9. The predicted molar refractivity (Wildman–Crippen MR) is 120 cm³/mol. The number of ether oxygens (including phenoxy) is 1. The van der Waals surface area contributed by atoms with E-state index in [-0.39, 0.29) is 38.2 Å². The number of amides is 2. The molecule has 0 aromatic heterocycles. The summed E-state index contributed by atoms with van der Waals surface area (Å²) in [7, 11) is 0. The van der Waals surface area contributed by atoms with Gasteiger partial charge in [0, 0.05) is 5.56 Å². The molecule has 32 heavy (non-hydrogen) atoms. The topological polar surface area (TPSA) is 80.8 Å². The molecule has 0 aliphatic carbocycles. The maximum Gasteiger partial charge on any atom is 0.338 e. The van der Waals surface area contributed by atoms with Crippen LogP contribution in [0.25, 0.3) is 0 Å². The molecule has 8 heteroatoms. The van der Waals surface area contributed by atoms with Gasteiger partial charge in [-0.15, -0.1) is 0 Å². The first-order chi connectivity index (χ1) is 15.3. The number of anilines is 1. The molecule has 3 aromatic rings. The van der Waals surface area contributed by atoms with Crippen LogP contribution in [0.3, 0.4) is 0 Å². The van der Waals surface area contributed by atoms with E-state index in [2.05, 4.69) is 0 Å². The summed E-state index contributed by atoms with van der Waals surface area (Å²) in [6.45, 7) is 1.47. The normalized spacial score (nSPS) is 13.7. The van der Waals surface area contributed by atoms with Gasteiger partial charge in [-0.3, -0.25) is 14.4 Å². The summed E-state index contributed by atoms with van der Waals surface area (Å²) in [4.78, 5) is 51.7. The molecule has 0 saturated carbocycles. The molecule has 0 N–H and O–H groups in total. The molecular formula is C24H15Cl2NO5. The number of esters is 1. The number of carbonyl (C=O) groups is 4. The van der Waals surface area contributed by atoms with Gasteiger partial charge < -0.3 is 4.74 Å². The number of Topliss-reactive ketones (excluding diaryl/α,β-unsaturated/α-hetero) is 1. The predicted octanol–water partition coefficient (Wildman–Crippen LogP) is 5.22. The zero-order valence-electron chi connectivity index (χ0n) is 16.7. The number of nitrogens with zero attached hydrogens (tertiary/aromatic N) is 1. The second-order valence-corrected chi connectivity index (χ2v) is 7.90. The van der Waals surface area contributed by atoms with Crippen molar-refractivity contribution >= 4 is 52.5 Å². The molecule has 0 fully saturated rings. The number of halogens is 2. The van der Waals surface area contributed by atoms with Crippen LogP contribution in [-0.2, 0) is 4.74 Å². The van der Waals surface area contributed by atoms with Crippen LogP contribution >= 0.6 is 23.2 Å². The molecule has 4 rings (SSSR count). The Labute approximate surface area is 193 Å². The quantitative estimate of drug-likeness (QED) is 0.291. The van der Waals surface area contributed by atoms with Gasteiger partial charge in [0.2, 0.25) is 5.78 Å². The van der Waals surface area contributed by atoms with Crippen LogP contribution in [-0.4, -0.2) is 29.7 Å². The fourth-order valence-corrected chi connectivity index (χ4v) is 3.64. The highest BCUT2D eigenvalue weighted by Crippen LogP contribution is 2.33.